The molecular weight excluding hydrogens is 245 g/mol. The number of hydrogen-bond acceptors (Lipinski definition) is 1. The van der Waals surface area contributed by atoms with E-state index in [0.29, 0.717) is 10.4 Å². The molecule has 1 aliphatic rings. The zero-order chi connectivity index (χ0) is 10.3. The van der Waals surface area contributed by atoms with Gasteiger partial charge in [0.2, 0.25) is 0 Å². The van der Waals surface area contributed by atoms with E-state index in [1.165, 1.54) is 0 Å². The molecule has 0 amide bonds. The summed E-state index contributed by atoms with van der Waals surface area (Å²) in [7, 11) is 0. The van der Waals surface area contributed by atoms with Crippen molar-refractivity contribution in [2.24, 2.45) is 5.73 Å². The smallest absolute Gasteiger partial charge is 0.137 e. The van der Waals surface area contributed by atoms with Gasteiger partial charge in [0.25, 0.3) is 0 Å². The summed E-state index contributed by atoms with van der Waals surface area (Å²) in [4.78, 5) is 0. The van der Waals surface area contributed by atoms with E-state index in [2.05, 4.69) is 22.9 Å². The van der Waals surface area contributed by atoms with Crippen LogP contribution in [0.3, 0.4) is 0 Å². The van der Waals surface area contributed by atoms with Crippen molar-refractivity contribution in [2.75, 3.05) is 0 Å². The molecule has 1 nitrogen and oxygen atoms in total. The number of halogens is 2. The average Bonchev–Trinajstić information content (AvgIpc) is 2.84. The first-order chi connectivity index (χ1) is 6.57. The standard InChI is InChI=1S/C11H13BrFN/c1-2-11(14)6-8(11)7-3-4-9(12)10(13)5-7/h3-5,8H,2,6,14H2,1H3/t8-,11+/m1/s1. The first-order valence-corrected chi connectivity index (χ1v) is 5.60. The Morgan fingerprint density at radius 1 is 1.64 bits per heavy atom. The van der Waals surface area contributed by atoms with E-state index in [0.717, 1.165) is 18.4 Å². The normalized spacial score (nSPS) is 30.4. The van der Waals surface area contributed by atoms with Crippen LogP contribution in [-0.2, 0) is 0 Å². The van der Waals surface area contributed by atoms with Gasteiger partial charge in [-0.1, -0.05) is 13.0 Å². The third kappa shape index (κ3) is 1.59. The second-order valence-corrected chi connectivity index (χ2v) is 4.87. The number of nitrogens with two attached hydrogens (primary N) is 1. The fourth-order valence-electron chi connectivity index (χ4n) is 1.89. The summed E-state index contributed by atoms with van der Waals surface area (Å²) in [6.45, 7) is 2.08. The van der Waals surface area contributed by atoms with Gasteiger partial charge in [-0.05, 0) is 46.5 Å². The minimum absolute atomic E-state index is 0.0831. The summed E-state index contributed by atoms with van der Waals surface area (Å²) in [6.07, 6.45) is 1.93. The zero-order valence-corrected chi connectivity index (χ0v) is 9.64. The summed E-state index contributed by atoms with van der Waals surface area (Å²) < 4.78 is 13.8. The van der Waals surface area contributed by atoms with Crippen LogP contribution in [0.1, 0.15) is 31.2 Å². The first-order valence-electron chi connectivity index (χ1n) is 4.80. The lowest BCUT2D eigenvalue weighted by molar-refractivity contribution is 0.608. The van der Waals surface area contributed by atoms with Gasteiger partial charge in [-0.15, -0.1) is 0 Å². The van der Waals surface area contributed by atoms with Crippen LogP contribution in [0, 0.1) is 5.82 Å². The third-order valence-corrected chi connectivity index (χ3v) is 3.77. The molecule has 0 spiro atoms. The molecule has 76 valence electrons. The number of benzene rings is 1. The van der Waals surface area contributed by atoms with Gasteiger partial charge in [0.05, 0.1) is 4.47 Å². The summed E-state index contributed by atoms with van der Waals surface area (Å²) in [5.41, 5.74) is 7.02. The SMILES string of the molecule is CC[C@]1(N)C[C@@H]1c1ccc(Br)c(F)c1. The second kappa shape index (κ2) is 3.31. The van der Waals surface area contributed by atoms with E-state index in [-0.39, 0.29) is 11.4 Å². The molecule has 3 heteroatoms. The Balaban J connectivity index is 2.24. The van der Waals surface area contributed by atoms with Gasteiger partial charge in [0, 0.05) is 11.5 Å². The van der Waals surface area contributed by atoms with Gasteiger partial charge < -0.3 is 5.73 Å². The summed E-state index contributed by atoms with van der Waals surface area (Å²) in [5, 5.41) is 0. The highest BCUT2D eigenvalue weighted by Crippen LogP contribution is 2.51. The summed E-state index contributed by atoms with van der Waals surface area (Å²) >= 11 is 3.14. The fourth-order valence-corrected chi connectivity index (χ4v) is 2.14. The van der Waals surface area contributed by atoms with E-state index < -0.39 is 0 Å². The molecule has 0 bridgehead atoms. The molecule has 0 aromatic heterocycles. The predicted molar refractivity (Wildman–Crippen MR) is 58.7 cm³/mol. The van der Waals surface area contributed by atoms with Crippen molar-refractivity contribution in [3.05, 3.63) is 34.1 Å². The molecule has 0 aliphatic heterocycles. The monoisotopic (exact) mass is 257 g/mol. The van der Waals surface area contributed by atoms with Crippen molar-refractivity contribution >= 4 is 15.9 Å². The third-order valence-electron chi connectivity index (χ3n) is 3.12. The minimum Gasteiger partial charge on any atom is -0.325 e. The average molecular weight is 258 g/mol. The van der Waals surface area contributed by atoms with Crippen LogP contribution in [0.25, 0.3) is 0 Å². The zero-order valence-electron chi connectivity index (χ0n) is 8.06. The molecule has 2 atom stereocenters. The Kier molecular flexibility index (Phi) is 2.40. The first kappa shape index (κ1) is 10.1. The maximum Gasteiger partial charge on any atom is 0.137 e. The van der Waals surface area contributed by atoms with Crippen molar-refractivity contribution in [1.29, 1.82) is 0 Å². The Bertz CT molecular complexity index is 366. The Morgan fingerprint density at radius 3 is 2.86 bits per heavy atom. The van der Waals surface area contributed by atoms with Crippen molar-refractivity contribution in [2.45, 2.75) is 31.2 Å². The Morgan fingerprint density at radius 2 is 2.36 bits per heavy atom. The number of hydrogen-bond donors (Lipinski definition) is 1. The van der Waals surface area contributed by atoms with Crippen molar-refractivity contribution in [3.63, 3.8) is 0 Å². The van der Waals surface area contributed by atoms with E-state index >= 15 is 0 Å². The molecule has 0 radical (unpaired) electrons. The molecule has 2 rings (SSSR count). The molecule has 14 heavy (non-hydrogen) atoms. The van der Waals surface area contributed by atoms with Gasteiger partial charge in [-0.3, -0.25) is 0 Å². The van der Waals surface area contributed by atoms with Crippen LogP contribution in [0.2, 0.25) is 0 Å². The highest BCUT2D eigenvalue weighted by atomic mass is 79.9. The van der Waals surface area contributed by atoms with Crippen LogP contribution < -0.4 is 5.73 Å². The molecule has 1 aromatic carbocycles. The molecule has 1 aliphatic carbocycles. The van der Waals surface area contributed by atoms with Gasteiger partial charge in [0.1, 0.15) is 5.82 Å². The van der Waals surface area contributed by atoms with E-state index in [1.54, 1.807) is 12.1 Å². The summed E-state index contributed by atoms with van der Waals surface area (Å²) in [5.74, 6) is 0.142. The molecule has 0 saturated heterocycles. The minimum atomic E-state index is -0.201. The molecular formula is C11H13BrFN. The number of rotatable bonds is 2. The Labute approximate surface area is 91.6 Å². The largest absolute Gasteiger partial charge is 0.325 e. The maximum atomic E-state index is 13.2. The Hall–Kier alpha value is -0.410. The van der Waals surface area contributed by atoms with Crippen LogP contribution in [0.5, 0.6) is 0 Å². The van der Waals surface area contributed by atoms with Gasteiger partial charge in [0.15, 0.2) is 0 Å². The topological polar surface area (TPSA) is 26.0 Å². The maximum absolute atomic E-state index is 13.2. The highest BCUT2D eigenvalue weighted by Gasteiger charge is 2.50. The van der Waals surface area contributed by atoms with Gasteiger partial charge in [-0.25, -0.2) is 4.39 Å². The van der Waals surface area contributed by atoms with Crippen LogP contribution in [-0.4, -0.2) is 5.54 Å². The van der Waals surface area contributed by atoms with E-state index in [1.807, 2.05) is 6.07 Å². The van der Waals surface area contributed by atoms with E-state index in [4.69, 9.17) is 5.73 Å². The van der Waals surface area contributed by atoms with Crippen LogP contribution in [0.4, 0.5) is 4.39 Å². The van der Waals surface area contributed by atoms with E-state index in [9.17, 15) is 4.39 Å². The summed E-state index contributed by atoms with van der Waals surface area (Å²) in [6, 6.07) is 5.28. The second-order valence-electron chi connectivity index (χ2n) is 4.02. The fraction of sp³-hybridized carbons (Fsp3) is 0.455. The molecule has 0 unspecified atom stereocenters. The molecule has 0 heterocycles. The predicted octanol–water partition coefficient (Wildman–Crippen LogP) is 3.18. The van der Waals surface area contributed by atoms with Crippen LogP contribution >= 0.6 is 15.9 Å². The lowest BCUT2D eigenvalue weighted by atomic mass is 10.1. The molecule has 1 aromatic rings. The molecule has 1 fully saturated rings. The van der Waals surface area contributed by atoms with Gasteiger partial charge in [-0.2, -0.15) is 0 Å². The molecule has 1 saturated carbocycles. The van der Waals surface area contributed by atoms with Crippen molar-refractivity contribution < 1.29 is 4.39 Å². The van der Waals surface area contributed by atoms with Crippen molar-refractivity contribution in [3.8, 4) is 0 Å². The van der Waals surface area contributed by atoms with Crippen molar-refractivity contribution in [1.82, 2.24) is 0 Å². The van der Waals surface area contributed by atoms with Gasteiger partial charge >= 0.3 is 0 Å². The quantitative estimate of drug-likeness (QED) is 0.866. The highest BCUT2D eigenvalue weighted by molar-refractivity contribution is 9.10. The lowest BCUT2D eigenvalue weighted by Crippen LogP contribution is -2.22. The van der Waals surface area contributed by atoms with Crippen LogP contribution in [0.15, 0.2) is 22.7 Å². The lowest BCUT2D eigenvalue weighted by Gasteiger charge is -2.08. The molecule has 2 N–H and O–H groups in total.